The van der Waals surface area contributed by atoms with E-state index in [9.17, 15) is 5.11 Å². The molecule has 0 aromatic rings. The summed E-state index contributed by atoms with van der Waals surface area (Å²) in [6.45, 7) is 9.28. The van der Waals surface area contributed by atoms with Crippen LogP contribution >= 0.6 is 0 Å². The van der Waals surface area contributed by atoms with Gasteiger partial charge in [0.15, 0.2) is 0 Å². The molecule has 2 aliphatic carbocycles. The van der Waals surface area contributed by atoms with Crippen LogP contribution in [0.4, 0.5) is 0 Å². The Balaban J connectivity index is 2.05. The Morgan fingerprint density at radius 3 is 2.40 bits per heavy atom. The van der Waals surface area contributed by atoms with Crippen molar-refractivity contribution in [3.63, 3.8) is 0 Å². The maximum Gasteiger partial charge on any atom is 0.0676 e. The lowest BCUT2D eigenvalue weighted by molar-refractivity contribution is -0.0282. The molecule has 2 aliphatic rings. The largest absolute Gasteiger partial charge is 0.390 e. The normalized spacial score (nSPS) is 26.9. The van der Waals surface area contributed by atoms with E-state index in [-0.39, 0.29) is 0 Å². The van der Waals surface area contributed by atoms with Gasteiger partial charge < -0.3 is 5.11 Å². The summed E-state index contributed by atoms with van der Waals surface area (Å²) in [5.41, 5.74) is 3.20. The summed E-state index contributed by atoms with van der Waals surface area (Å²) in [6, 6.07) is 0. The van der Waals surface area contributed by atoms with Crippen molar-refractivity contribution in [3.8, 4) is 0 Å². The van der Waals surface area contributed by atoms with E-state index in [2.05, 4.69) is 27.7 Å². The summed E-state index contributed by atoms with van der Waals surface area (Å²) in [5.74, 6) is 0.556. The highest BCUT2D eigenvalue weighted by Crippen LogP contribution is 2.45. The molecule has 1 unspecified atom stereocenters. The molecular formula is C19H34O. The molecule has 2 rings (SSSR count). The van der Waals surface area contributed by atoms with E-state index in [0.29, 0.717) is 11.3 Å². The van der Waals surface area contributed by atoms with Crippen LogP contribution in [0.3, 0.4) is 0 Å². The highest BCUT2D eigenvalue weighted by molar-refractivity contribution is 5.22. The molecule has 1 fully saturated rings. The van der Waals surface area contributed by atoms with E-state index in [0.717, 1.165) is 19.3 Å². The van der Waals surface area contributed by atoms with Crippen molar-refractivity contribution in [1.29, 1.82) is 0 Å². The highest BCUT2D eigenvalue weighted by atomic mass is 16.3. The predicted octanol–water partition coefficient (Wildman–Crippen LogP) is 5.62. The van der Waals surface area contributed by atoms with Crippen molar-refractivity contribution < 1.29 is 5.11 Å². The van der Waals surface area contributed by atoms with Crippen molar-refractivity contribution in [3.05, 3.63) is 11.1 Å². The molecule has 0 bridgehead atoms. The molecule has 0 aliphatic heterocycles. The Kier molecular flexibility index (Phi) is 5.00. The first kappa shape index (κ1) is 16.1. The monoisotopic (exact) mass is 278 g/mol. The van der Waals surface area contributed by atoms with Crippen LogP contribution in [0.25, 0.3) is 0 Å². The van der Waals surface area contributed by atoms with Crippen LogP contribution in [0, 0.1) is 11.3 Å². The van der Waals surface area contributed by atoms with E-state index in [4.69, 9.17) is 0 Å². The molecule has 1 heteroatoms. The van der Waals surface area contributed by atoms with Crippen LogP contribution in [-0.2, 0) is 0 Å². The fraction of sp³-hybridized carbons (Fsp3) is 0.895. The van der Waals surface area contributed by atoms with Crippen LogP contribution < -0.4 is 0 Å². The summed E-state index contributed by atoms with van der Waals surface area (Å²) in [5, 5.41) is 11.1. The summed E-state index contributed by atoms with van der Waals surface area (Å²) in [7, 11) is 0. The van der Waals surface area contributed by atoms with Crippen molar-refractivity contribution in [2.75, 3.05) is 0 Å². The van der Waals surface area contributed by atoms with E-state index >= 15 is 0 Å². The van der Waals surface area contributed by atoms with Gasteiger partial charge in [-0.05, 0) is 69.6 Å². The fourth-order valence-electron chi connectivity index (χ4n) is 4.70. The van der Waals surface area contributed by atoms with E-state index in [1.54, 1.807) is 11.1 Å². The van der Waals surface area contributed by atoms with Crippen molar-refractivity contribution >= 4 is 0 Å². The fourth-order valence-corrected chi connectivity index (χ4v) is 4.70. The Morgan fingerprint density at radius 2 is 1.85 bits per heavy atom. The second kappa shape index (κ2) is 6.22. The number of allylic oxidation sites excluding steroid dienone is 2. The molecule has 116 valence electrons. The van der Waals surface area contributed by atoms with Gasteiger partial charge in [-0.15, -0.1) is 0 Å². The molecular weight excluding hydrogens is 244 g/mol. The molecule has 0 heterocycles. The van der Waals surface area contributed by atoms with Gasteiger partial charge in [-0.25, -0.2) is 0 Å². The molecule has 0 aromatic heterocycles. The number of hydrogen-bond donors (Lipinski definition) is 1. The molecule has 1 N–H and O–H groups in total. The third-order valence-electron chi connectivity index (χ3n) is 6.22. The highest BCUT2D eigenvalue weighted by Gasteiger charge is 2.38. The zero-order valence-electron chi connectivity index (χ0n) is 14.1. The number of hydrogen-bond acceptors (Lipinski definition) is 1. The summed E-state index contributed by atoms with van der Waals surface area (Å²) < 4.78 is 0. The minimum absolute atomic E-state index is 0.354. The van der Waals surface area contributed by atoms with Gasteiger partial charge in [0.2, 0.25) is 0 Å². The minimum atomic E-state index is -0.405. The van der Waals surface area contributed by atoms with Crippen LogP contribution in [0.5, 0.6) is 0 Å². The maximum absolute atomic E-state index is 11.1. The molecule has 0 amide bonds. The van der Waals surface area contributed by atoms with Crippen LogP contribution in [-0.4, -0.2) is 10.7 Å². The zero-order valence-corrected chi connectivity index (χ0v) is 14.1. The standard InChI is InChI=1S/C19H34O/c1-5-19(20,16-10-6-7-11-16)14-12-17-15(2)9-8-13-18(17,3)4/h16,20H,5-14H2,1-4H3. The van der Waals surface area contributed by atoms with Crippen LogP contribution in [0.2, 0.25) is 0 Å². The molecule has 1 atom stereocenters. The van der Waals surface area contributed by atoms with Crippen LogP contribution in [0.15, 0.2) is 11.1 Å². The van der Waals surface area contributed by atoms with Gasteiger partial charge in [0.05, 0.1) is 5.60 Å². The first-order chi connectivity index (χ1) is 9.39. The number of rotatable bonds is 5. The lowest BCUT2D eigenvalue weighted by atomic mass is 9.69. The van der Waals surface area contributed by atoms with Crippen molar-refractivity contribution in [2.45, 2.75) is 97.5 Å². The topological polar surface area (TPSA) is 20.2 Å². The SMILES string of the molecule is CCC(O)(CCC1=C(C)CCCC1(C)C)C1CCCC1. The Bertz CT molecular complexity index is 360. The first-order valence-corrected chi connectivity index (χ1v) is 8.80. The lowest BCUT2D eigenvalue weighted by Gasteiger charge is -2.38. The summed E-state index contributed by atoms with van der Waals surface area (Å²) in [4.78, 5) is 0. The van der Waals surface area contributed by atoms with E-state index in [1.165, 1.54) is 44.9 Å². The van der Waals surface area contributed by atoms with Gasteiger partial charge in [-0.2, -0.15) is 0 Å². The Morgan fingerprint density at radius 1 is 1.20 bits per heavy atom. The molecule has 0 saturated heterocycles. The molecule has 0 spiro atoms. The van der Waals surface area contributed by atoms with Gasteiger partial charge in [0.1, 0.15) is 0 Å². The first-order valence-electron chi connectivity index (χ1n) is 8.80. The minimum Gasteiger partial charge on any atom is -0.390 e. The lowest BCUT2D eigenvalue weighted by Crippen LogP contribution is -2.36. The zero-order chi connectivity index (χ0) is 14.8. The third kappa shape index (κ3) is 3.30. The quantitative estimate of drug-likeness (QED) is 0.647. The second-order valence-electron chi connectivity index (χ2n) is 7.93. The molecule has 0 radical (unpaired) electrons. The average Bonchev–Trinajstić information content (AvgIpc) is 2.91. The molecule has 0 aromatic carbocycles. The Hall–Kier alpha value is -0.300. The molecule has 1 saturated carbocycles. The molecule has 1 nitrogen and oxygen atoms in total. The smallest absolute Gasteiger partial charge is 0.0676 e. The van der Waals surface area contributed by atoms with E-state index in [1.807, 2.05) is 0 Å². The summed E-state index contributed by atoms with van der Waals surface area (Å²) in [6.07, 6.45) is 12.1. The van der Waals surface area contributed by atoms with Crippen molar-refractivity contribution in [2.24, 2.45) is 11.3 Å². The van der Waals surface area contributed by atoms with Crippen molar-refractivity contribution in [1.82, 2.24) is 0 Å². The van der Waals surface area contributed by atoms with E-state index < -0.39 is 5.60 Å². The van der Waals surface area contributed by atoms with Gasteiger partial charge in [0.25, 0.3) is 0 Å². The average molecular weight is 278 g/mol. The third-order valence-corrected chi connectivity index (χ3v) is 6.22. The van der Waals surface area contributed by atoms with Gasteiger partial charge in [0, 0.05) is 0 Å². The van der Waals surface area contributed by atoms with Gasteiger partial charge in [-0.3, -0.25) is 0 Å². The van der Waals surface area contributed by atoms with Crippen LogP contribution in [0.1, 0.15) is 91.9 Å². The predicted molar refractivity (Wildman–Crippen MR) is 86.8 cm³/mol. The Labute approximate surface area is 125 Å². The van der Waals surface area contributed by atoms with Gasteiger partial charge in [-0.1, -0.05) is 44.8 Å². The molecule has 20 heavy (non-hydrogen) atoms. The number of aliphatic hydroxyl groups is 1. The maximum atomic E-state index is 11.1. The second-order valence-corrected chi connectivity index (χ2v) is 7.93. The summed E-state index contributed by atoms with van der Waals surface area (Å²) >= 11 is 0. The van der Waals surface area contributed by atoms with Gasteiger partial charge >= 0.3 is 0 Å².